The topological polar surface area (TPSA) is 47.4 Å². The number of carbonyl (C=O) groups is 1. The molecule has 0 atom stereocenters. The molecular weight excluding hydrogens is 337 g/mol. The summed E-state index contributed by atoms with van der Waals surface area (Å²) < 4.78 is 7.21. The van der Waals surface area contributed by atoms with E-state index < -0.39 is 0 Å². The van der Waals surface area contributed by atoms with Gasteiger partial charge in [-0.2, -0.15) is 0 Å². The zero-order valence-electron chi connectivity index (χ0n) is 13.1. The van der Waals surface area contributed by atoms with Gasteiger partial charge >= 0.3 is 6.03 Å². The van der Waals surface area contributed by atoms with Crippen molar-refractivity contribution in [2.75, 3.05) is 19.7 Å². The van der Waals surface area contributed by atoms with Crippen LogP contribution in [0.25, 0.3) is 0 Å². The summed E-state index contributed by atoms with van der Waals surface area (Å²) in [7, 11) is 0. The Hall–Kier alpha value is -1.72. The Morgan fingerprint density at radius 3 is 2.74 bits per heavy atom. The Bertz CT molecular complexity index is 636. The number of ether oxygens (including phenoxy) is 1. The van der Waals surface area contributed by atoms with Crippen molar-refractivity contribution in [2.24, 2.45) is 0 Å². The zero-order valence-corrected chi connectivity index (χ0v) is 14.6. The van der Waals surface area contributed by atoms with Crippen molar-refractivity contribution in [3.05, 3.63) is 46.5 Å². The number of rotatable bonds is 6. The summed E-state index contributed by atoms with van der Waals surface area (Å²) in [6, 6.07) is 3.32. The molecule has 0 bridgehead atoms. The Kier molecular flexibility index (Phi) is 6.30. The maximum absolute atomic E-state index is 12.4. The molecule has 0 unspecified atom stereocenters. The molecular formula is C16H19Cl2N3O2. The lowest BCUT2D eigenvalue weighted by Gasteiger charge is -2.22. The summed E-state index contributed by atoms with van der Waals surface area (Å²) >= 11 is 12.1. The van der Waals surface area contributed by atoms with Crippen molar-refractivity contribution < 1.29 is 9.53 Å². The van der Waals surface area contributed by atoms with Crippen LogP contribution < -0.4 is 4.74 Å². The number of imidazole rings is 1. The van der Waals surface area contributed by atoms with E-state index in [9.17, 15) is 4.79 Å². The lowest BCUT2D eigenvalue weighted by Crippen LogP contribution is -2.37. The molecule has 0 fully saturated rings. The number of carbonyl (C=O) groups excluding carboxylic acids is 1. The van der Waals surface area contributed by atoms with Gasteiger partial charge in [-0.15, -0.1) is 0 Å². The lowest BCUT2D eigenvalue weighted by molar-refractivity contribution is 0.183. The van der Waals surface area contributed by atoms with Gasteiger partial charge in [-0.1, -0.05) is 30.1 Å². The molecule has 0 saturated heterocycles. The number of halogens is 2. The first-order chi connectivity index (χ1) is 11.0. The van der Waals surface area contributed by atoms with Gasteiger partial charge in [0.1, 0.15) is 18.7 Å². The molecule has 0 saturated carbocycles. The minimum atomic E-state index is -0.119. The fraction of sp³-hybridized carbons (Fsp3) is 0.375. The van der Waals surface area contributed by atoms with Crippen LogP contribution in [-0.2, 0) is 0 Å². The summed E-state index contributed by atoms with van der Waals surface area (Å²) in [5, 5.41) is 1.04. The molecule has 0 aliphatic rings. The predicted molar refractivity (Wildman–Crippen MR) is 91.6 cm³/mol. The Morgan fingerprint density at radius 2 is 2.13 bits per heavy atom. The van der Waals surface area contributed by atoms with Crippen LogP contribution in [-0.4, -0.2) is 40.2 Å². The third kappa shape index (κ3) is 4.62. The van der Waals surface area contributed by atoms with Gasteiger partial charge in [0.25, 0.3) is 0 Å². The molecule has 7 heteroatoms. The molecule has 2 rings (SSSR count). The van der Waals surface area contributed by atoms with E-state index in [0.29, 0.717) is 35.5 Å². The molecule has 124 valence electrons. The van der Waals surface area contributed by atoms with Crippen LogP contribution in [0, 0.1) is 6.92 Å². The van der Waals surface area contributed by atoms with E-state index in [-0.39, 0.29) is 6.03 Å². The highest BCUT2D eigenvalue weighted by atomic mass is 35.5. The van der Waals surface area contributed by atoms with Crippen LogP contribution in [0.4, 0.5) is 4.79 Å². The van der Waals surface area contributed by atoms with Gasteiger partial charge in [0.2, 0.25) is 0 Å². The molecule has 0 radical (unpaired) electrons. The van der Waals surface area contributed by atoms with Crippen LogP contribution in [0.3, 0.4) is 0 Å². The first-order valence-electron chi connectivity index (χ1n) is 7.38. The van der Waals surface area contributed by atoms with Crippen LogP contribution >= 0.6 is 23.2 Å². The third-order valence-corrected chi connectivity index (χ3v) is 3.79. The highest BCUT2D eigenvalue weighted by Crippen LogP contribution is 2.31. The minimum Gasteiger partial charge on any atom is -0.490 e. The van der Waals surface area contributed by atoms with Crippen molar-refractivity contribution in [3.63, 3.8) is 0 Å². The molecule has 0 aliphatic heterocycles. The normalized spacial score (nSPS) is 10.6. The summed E-state index contributed by atoms with van der Waals surface area (Å²) in [6.45, 7) is 5.36. The Morgan fingerprint density at radius 1 is 1.35 bits per heavy atom. The largest absolute Gasteiger partial charge is 0.490 e. The molecule has 2 aromatic rings. The molecule has 1 amide bonds. The average molecular weight is 356 g/mol. The third-order valence-electron chi connectivity index (χ3n) is 3.29. The van der Waals surface area contributed by atoms with E-state index in [1.165, 1.54) is 10.9 Å². The van der Waals surface area contributed by atoms with Crippen molar-refractivity contribution in [1.82, 2.24) is 14.5 Å². The van der Waals surface area contributed by atoms with Gasteiger partial charge in [0.15, 0.2) is 0 Å². The molecule has 0 N–H and O–H groups in total. The highest BCUT2D eigenvalue weighted by molar-refractivity contribution is 6.35. The second-order valence-corrected chi connectivity index (χ2v) is 5.97. The predicted octanol–water partition coefficient (Wildman–Crippen LogP) is 4.26. The molecule has 5 nitrogen and oxygen atoms in total. The van der Waals surface area contributed by atoms with Crippen molar-refractivity contribution in [2.45, 2.75) is 20.3 Å². The average Bonchev–Trinajstić information content (AvgIpc) is 3.02. The van der Waals surface area contributed by atoms with E-state index in [2.05, 4.69) is 4.98 Å². The van der Waals surface area contributed by atoms with Crippen LogP contribution in [0.1, 0.15) is 18.9 Å². The van der Waals surface area contributed by atoms with E-state index in [1.807, 2.05) is 13.8 Å². The number of nitrogens with zero attached hydrogens (tertiary/aromatic N) is 3. The molecule has 1 heterocycles. The van der Waals surface area contributed by atoms with E-state index in [4.69, 9.17) is 27.9 Å². The lowest BCUT2D eigenvalue weighted by atomic mass is 10.2. The smallest absolute Gasteiger partial charge is 0.329 e. The van der Waals surface area contributed by atoms with E-state index in [1.54, 1.807) is 29.4 Å². The summed E-state index contributed by atoms with van der Waals surface area (Å²) in [5.41, 5.74) is 0.866. The fourth-order valence-corrected chi connectivity index (χ4v) is 2.89. The van der Waals surface area contributed by atoms with Crippen LogP contribution in [0.15, 0.2) is 30.9 Å². The molecule has 0 spiro atoms. The number of hydrogen-bond acceptors (Lipinski definition) is 3. The second kappa shape index (κ2) is 8.22. The van der Waals surface area contributed by atoms with Gasteiger partial charge in [0, 0.05) is 24.0 Å². The SMILES string of the molecule is CCCN(CCOc1c(C)cc(Cl)cc1Cl)C(=O)n1ccnc1. The minimum absolute atomic E-state index is 0.119. The van der Waals surface area contributed by atoms with Crippen LogP contribution in [0.5, 0.6) is 5.75 Å². The quantitative estimate of drug-likeness (QED) is 0.777. The van der Waals surface area contributed by atoms with Crippen LogP contribution in [0.2, 0.25) is 10.0 Å². The standard InChI is InChI=1S/C16H19Cl2N3O2/c1-3-5-20(16(22)21-6-4-19-11-21)7-8-23-15-12(2)9-13(17)10-14(15)18/h4,6,9-11H,3,5,7-8H2,1-2H3. The molecule has 1 aromatic heterocycles. The first-order valence-corrected chi connectivity index (χ1v) is 8.14. The maximum atomic E-state index is 12.4. The molecule has 23 heavy (non-hydrogen) atoms. The molecule has 0 aliphatic carbocycles. The second-order valence-electron chi connectivity index (χ2n) is 5.12. The number of benzene rings is 1. The molecule has 1 aromatic carbocycles. The van der Waals surface area contributed by atoms with Gasteiger partial charge in [-0.05, 0) is 31.0 Å². The van der Waals surface area contributed by atoms with Crippen molar-refractivity contribution in [1.29, 1.82) is 0 Å². The van der Waals surface area contributed by atoms with E-state index in [0.717, 1.165) is 12.0 Å². The van der Waals surface area contributed by atoms with Gasteiger partial charge in [-0.3, -0.25) is 4.57 Å². The number of amides is 1. The van der Waals surface area contributed by atoms with E-state index >= 15 is 0 Å². The number of aryl methyl sites for hydroxylation is 1. The van der Waals surface area contributed by atoms with Gasteiger partial charge in [-0.25, -0.2) is 9.78 Å². The summed E-state index contributed by atoms with van der Waals surface area (Å²) in [4.78, 5) is 18.0. The maximum Gasteiger partial charge on any atom is 0.329 e. The van der Waals surface area contributed by atoms with Crippen molar-refractivity contribution >= 4 is 29.2 Å². The fourth-order valence-electron chi connectivity index (χ4n) is 2.24. The van der Waals surface area contributed by atoms with Crippen molar-refractivity contribution in [3.8, 4) is 5.75 Å². The Balaban J connectivity index is 1.99. The van der Waals surface area contributed by atoms with Gasteiger partial charge < -0.3 is 9.64 Å². The number of hydrogen-bond donors (Lipinski definition) is 0. The highest BCUT2D eigenvalue weighted by Gasteiger charge is 2.15. The monoisotopic (exact) mass is 355 g/mol. The summed E-state index contributed by atoms with van der Waals surface area (Å²) in [5.74, 6) is 0.600. The number of aromatic nitrogens is 2. The first kappa shape index (κ1) is 17.6. The summed E-state index contributed by atoms with van der Waals surface area (Å²) in [6.07, 6.45) is 5.56. The zero-order chi connectivity index (χ0) is 16.8. The van der Waals surface area contributed by atoms with Gasteiger partial charge in [0.05, 0.1) is 11.6 Å². The Labute approximate surface area is 145 Å².